The summed E-state index contributed by atoms with van der Waals surface area (Å²) in [6, 6.07) is 5.75. The van der Waals surface area contributed by atoms with Gasteiger partial charge in [-0.05, 0) is 78.3 Å². The number of pyridine rings is 1. The number of allylic oxidation sites excluding steroid dienone is 2. The largest absolute Gasteiger partial charge is 0.444 e. The van der Waals surface area contributed by atoms with Gasteiger partial charge in [-0.25, -0.2) is 9.78 Å². The van der Waals surface area contributed by atoms with Crippen LogP contribution >= 0.6 is 23.4 Å². The second kappa shape index (κ2) is 13.6. The van der Waals surface area contributed by atoms with E-state index in [1.807, 2.05) is 33.1 Å². The Labute approximate surface area is 265 Å². The van der Waals surface area contributed by atoms with Crippen molar-refractivity contribution >= 4 is 46.2 Å². The zero-order valence-corrected chi connectivity index (χ0v) is 27.4. The fraction of sp³-hybridized carbons (Fsp3) is 0.406. The molecule has 0 aliphatic carbocycles. The number of rotatable bonds is 8. The number of amides is 1. The molecular weight excluding hydrogens is 611 g/mol. The molecule has 3 rings (SSSR count). The summed E-state index contributed by atoms with van der Waals surface area (Å²) in [6.07, 6.45) is 0.442. The maximum Gasteiger partial charge on any atom is 0.408 e. The Balaban J connectivity index is 2.39. The number of aromatic nitrogens is 3. The lowest BCUT2D eigenvalue weighted by molar-refractivity contribution is -0.141. The molecule has 2 aromatic heterocycles. The summed E-state index contributed by atoms with van der Waals surface area (Å²) in [5.41, 5.74) is 7.72. The molecule has 7 nitrogen and oxygen atoms in total. The summed E-state index contributed by atoms with van der Waals surface area (Å²) >= 11 is 8.00. The van der Waals surface area contributed by atoms with Gasteiger partial charge in [-0.2, -0.15) is 18.3 Å². The number of hydrogen-bond acceptors (Lipinski definition) is 6. The highest BCUT2D eigenvalue weighted by atomic mass is 35.5. The van der Waals surface area contributed by atoms with Crippen LogP contribution in [-0.2, 0) is 11.3 Å². The number of fused-ring (bicyclic) bond motifs is 1. The predicted octanol–water partition coefficient (Wildman–Crippen LogP) is 8.48. The van der Waals surface area contributed by atoms with Crippen LogP contribution in [0.25, 0.3) is 22.0 Å². The molecule has 1 atom stereocenters. The number of hydrogen-bond donors (Lipinski definition) is 2. The molecule has 0 aliphatic rings. The van der Waals surface area contributed by atoms with Crippen molar-refractivity contribution < 1.29 is 22.7 Å². The summed E-state index contributed by atoms with van der Waals surface area (Å²) in [4.78, 5) is 18.0. The Morgan fingerprint density at radius 3 is 2.43 bits per heavy atom. The van der Waals surface area contributed by atoms with E-state index in [0.717, 1.165) is 10.3 Å². The smallest absolute Gasteiger partial charge is 0.408 e. The third-order valence-corrected chi connectivity index (χ3v) is 7.95. The van der Waals surface area contributed by atoms with Crippen molar-refractivity contribution in [3.8, 4) is 23.0 Å². The first-order valence-corrected chi connectivity index (χ1v) is 15.4. The van der Waals surface area contributed by atoms with E-state index in [2.05, 4.69) is 28.8 Å². The molecule has 44 heavy (non-hydrogen) atoms. The summed E-state index contributed by atoms with van der Waals surface area (Å²) in [5, 5.41) is 7.22. The molecule has 1 unspecified atom stereocenters. The molecule has 1 amide bonds. The number of benzene rings is 1. The van der Waals surface area contributed by atoms with Crippen LogP contribution < -0.4 is 11.1 Å². The molecular formula is C32H37ClF3N5O2S. The number of anilines is 1. The minimum absolute atomic E-state index is 0.0868. The fourth-order valence-corrected chi connectivity index (χ4v) is 4.74. The van der Waals surface area contributed by atoms with Crippen molar-refractivity contribution in [3.05, 3.63) is 65.0 Å². The molecule has 0 saturated carbocycles. The molecule has 0 bridgehead atoms. The number of nitrogens with two attached hydrogens (primary N) is 1. The average Bonchev–Trinajstić information content (AvgIpc) is 3.24. The Kier molecular flexibility index (Phi) is 10.8. The van der Waals surface area contributed by atoms with Gasteiger partial charge in [-0.3, -0.25) is 4.68 Å². The second-order valence-corrected chi connectivity index (χ2v) is 13.4. The SMILES string of the molecule is C=C/C(=C\C)CC(NC(=O)OC(C)(C)C)c1nc(C#CC(C)(C)SC)ccc1-c1ccc(Cl)c2c(N)nn(CC(F)(F)F)c12. The van der Waals surface area contributed by atoms with Gasteiger partial charge in [0, 0.05) is 11.1 Å². The summed E-state index contributed by atoms with van der Waals surface area (Å²) in [6.45, 7) is 13.5. The highest BCUT2D eigenvalue weighted by molar-refractivity contribution is 8.00. The number of carbonyl (C=O) groups excluding carboxylic acids is 1. The van der Waals surface area contributed by atoms with Gasteiger partial charge < -0.3 is 15.8 Å². The first-order valence-electron chi connectivity index (χ1n) is 13.8. The van der Waals surface area contributed by atoms with Gasteiger partial charge >= 0.3 is 12.3 Å². The van der Waals surface area contributed by atoms with Crippen LogP contribution in [0.3, 0.4) is 0 Å². The van der Waals surface area contributed by atoms with Crippen molar-refractivity contribution in [3.63, 3.8) is 0 Å². The molecule has 2 heterocycles. The number of thioether (sulfide) groups is 1. The molecule has 1 aromatic carbocycles. The zero-order valence-electron chi connectivity index (χ0n) is 25.8. The minimum atomic E-state index is -4.58. The van der Waals surface area contributed by atoms with Crippen LogP contribution in [-0.4, -0.2) is 43.6 Å². The van der Waals surface area contributed by atoms with Gasteiger partial charge in [-0.15, -0.1) is 11.8 Å². The van der Waals surface area contributed by atoms with Crippen LogP contribution in [0.1, 0.15) is 65.4 Å². The number of nitrogens with one attached hydrogen (secondary N) is 1. The van der Waals surface area contributed by atoms with E-state index in [1.54, 1.807) is 62.9 Å². The van der Waals surface area contributed by atoms with E-state index in [4.69, 9.17) is 27.1 Å². The lowest BCUT2D eigenvalue weighted by Crippen LogP contribution is -2.35. The molecule has 0 saturated heterocycles. The molecule has 236 valence electrons. The van der Waals surface area contributed by atoms with Gasteiger partial charge in [0.2, 0.25) is 0 Å². The van der Waals surface area contributed by atoms with Gasteiger partial charge in [0.15, 0.2) is 5.82 Å². The number of nitrogen functional groups attached to an aromatic ring is 1. The molecule has 12 heteroatoms. The number of ether oxygens (including phenoxy) is 1. The highest BCUT2D eigenvalue weighted by Gasteiger charge is 2.32. The van der Waals surface area contributed by atoms with Crippen LogP contribution in [0.5, 0.6) is 0 Å². The Bertz CT molecular complexity index is 1650. The number of halogens is 4. The summed E-state index contributed by atoms with van der Waals surface area (Å²) < 4.78 is 46.9. The minimum Gasteiger partial charge on any atom is -0.444 e. The van der Waals surface area contributed by atoms with Crippen LogP contribution in [0.2, 0.25) is 5.02 Å². The number of alkyl carbamates (subject to hydrolysis) is 1. The Hall–Kier alpha value is -3.62. The van der Waals surface area contributed by atoms with Crippen LogP contribution in [0.15, 0.2) is 48.6 Å². The quantitative estimate of drug-likeness (QED) is 0.188. The first-order chi connectivity index (χ1) is 20.4. The molecule has 0 radical (unpaired) electrons. The average molecular weight is 648 g/mol. The predicted molar refractivity (Wildman–Crippen MR) is 174 cm³/mol. The van der Waals surface area contributed by atoms with Crippen molar-refractivity contribution in [2.24, 2.45) is 0 Å². The van der Waals surface area contributed by atoms with Crippen molar-refractivity contribution in [2.45, 2.75) is 77.1 Å². The maximum atomic E-state index is 13.6. The normalized spacial score (nSPS) is 13.3. The van der Waals surface area contributed by atoms with Crippen LogP contribution in [0, 0.1) is 11.8 Å². The Morgan fingerprint density at radius 2 is 1.86 bits per heavy atom. The van der Waals surface area contributed by atoms with E-state index in [0.29, 0.717) is 22.5 Å². The van der Waals surface area contributed by atoms with Gasteiger partial charge in [0.1, 0.15) is 17.8 Å². The second-order valence-electron chi connectivity index (χ2n) is 11.5. The summed E-state index contributed by atoms with van der Waals surface area (Å²) in [5.74, 6) is 6.17. The van der Waals surface area contributed by atoms with Crippen LogP contribution in [0.4, 0.5) is 23.8 Å². The van der Waals surface area contributed by atoms with E-state index in [-0.39, 0.29) is 32.9 Å². The molecule has 0 aliphatic heterocycles. The maximum absolute atomic E-state index is 13.6. The molecule has 0 fully saturated rings. The topological polar surface area (TPSA) is 95.1 Å². The third-order valence-electron chi connectivity index (χ3n) is 6.51. The van der Waals surface area contributed by atoms with Gasteiger partial charge in [0.05, 0.1) is 32.4 Å². The van der Waals surface area contributed by atoms with Gasteiger partial charge in [-0.1, -0.05) is 47.9 Å². The summed E-state index contributed by atoms with van der Waals surface area (Å²) in [7, 11) is 0. The third kappa shape index (κ3) is 8.96. The van der Waals surface area contributed by atoms with E-state index < -0.39 is 30.5 Å². The molecule has 3 aromatic rings. The zero-order chi connectivity index (χ0) is 33.0. The van der Waals surface area contributed by atoms with E-state index in [1.165, 1.54) is 0 Å². The lowest BCUT2D eigenvalue weighted by atomic mass is 9.93. The number of nitrogens with zero attached hydrogens (tertiary/aromatic N) is 3. The van der Waals surface area contributed by atoms with Gasteiger partial charge in [0.25, 0.3) is 0 Å². The number of alkyl halides is 3. The molecule has 0 spiro atoms. The first kappa shape index (κ1) is 34.9. The monoisotopic (exact) mass is 647 g/mol. The van der Waals surface area contributed by atoms with Crippen molar-refractivity contribution in [1.82, 2.24) is 20.1 Å². The Morgan fingerprint density at radius 1 is 1.20 bits per heavy atom. The van der Waals surface area contributed by atoms with Crippen molar-refractivity contribution in [2.75, 3.05) is 12.0 Å². The number of carbonyl (C=O) groups is 1. The van der Waals surface area contributed by atoms with Crippen molar-refractivity contribution in [1.29, 1.82) is 0 Å². The molecule has 3 N–H and O–H groups in total. The van der Waals surface area contributed by atoms with E-state index >= 15 is 0 Å². The standard InChI is InChI=1S/C32H37ClF3N5O2S/c1-9-19(10-2)17-24(39-29(42)43-30(3,4)5)26-21(12-11-20(38-26)15-16-31(6,7)44-8)22-13-14-23(33)25-27(22)41(40-28(25)37)18-32(34,35)36/h9-14,24H,1,17-18H2,2-8H3,(H2,37,40)(H,39,42)/b19-10+. The fourth-order valence-electron chi connectivity index (χ4n) is 4.33. The van der Waals surface area contributed by atoms with E-state index in [9.17, 15) is 18.0 Å². The highest BCUT2D eigenvalue weighted by Crippen LogP contribution is 2.40. The lowest BCUT2D eigenvalue weighted by Gasteiger charge is -2.25.